The Kier molecular flexibility index (Phi) is 11.3. The summed E-state index contributed by atoms with van der Waals surface area (Å²) >= 11 is 6.73. The predicted molar refractivity (Wildman–Crippen MR) is 195 cm³/mol. The first-order chi connectivity index (χ1) is 24.3. The van der Waals surface area contributed by atoms with Gasteiger partial charge in [-0.3, -0.25) is 0 Å². The Bertz CT molecular complexity index is 1930. The first kappa shape index (κ1) is 37.1. The molecule has 0 aliphatic heterocycles. The fraction of sp³-hybridized carbons (Fsp3) is 0.317. The number of hydrogen-bond acceptors (Lipinski definition) is 3. The molecule has 0 N–H and O–H groups in total. The average molecular weight is 741 g/mol. The van der Waals surface area contributed by atoms with E-state index in [2.05, 4.69) is 49.2 Å². The molecule has 0 bridgehead atoms. The predicted octanol–water partition coefficient (Wildman–Crippen LogP) is 12.6. The van der Waals surface area contributed by atoms with Crippen molar-refractivity contribution in [1.82, 2.24) is 4.31 Å². The van der Waals surface area contributed by atoms with E-state index >= 15 is 8.78 Å². The third-order valence-corrected chi connectivity index (χ3v) is 10.8. The van der Waals surface area contributed by atoms with Crippen LogP contribution < -0.4 is 4.90 Å². The summed E-state index contributed by atoms with van der Waals surface area (Å²) in [6.07, 6.45) is 6.24. The van der Waals surface area contributed by atoms with Gasteiger partial charge in [0.25, 0.3) is 0 Å². The Balaban J connectivity index is 1.42. The zero-order valence-corrected chi connectivity index (χ0v) is 30.1. The topological polar surface area (TPSA) is 6.48 Å². The normalized spacial score (nSPS) is 14.3. The number of hydrogen-bond donors (Lipinski definition) is 0. The van der Waals surface area contributed by atoms with Crippen LogP contribution in [0.3, 0.4) is 0 Å². The molecule has 0 spiro atoms. The maximum Gasteiger partial charge on any atom is 0.200 e. The van der Waals surface area contributed by atoms with E-state index in [0.29, 0.717) is 41.6 Å². The van der Waals surface area contributed by atoms with Gasteiger partial charge in [0, 0.05) is 36.0 Å². The van der Waals surface area contributed by atoms with Crippen LogP contribution in [-0.2, 0) is 19.5 Å². The molecular weight excluding hydrogens is 702 g/mol. The largest absolute Gasteiger partial charge is 0.340 e. The number of anilines is 1. The van der Waals surface area contributed by atoms with Crippen LogP contribution in [0.2, 0.25) is 5.02 Å². The zero-order chi connectivity index (χ0) is 36.6. The van der Waals surface area contributed by atoms with Gasteiger partial charge in [-0.25, -0.2) is 30.6 Å². The van der Waals surface area contributed by atoms with E-state index in [0.717, 1.165) is 72.5 Å². The standard InChI is InChI=1S/C41H39ClF6N2S/c1-5-6-29-17-28(23(2)3)12-14-35(29)50(21-25-15-31(26-7-8-26)18-32(16-25)27-9-10-27)24(4)20-49(22-30-11-13-33(43)19-34(30)42)51-41-39(47)37(45)36(44)38(46)40(41)48/h11-19,26-27H,2,4-10,20-22H2,1,3H3. The van der Waals surface area contributed by atoms with Crippen molar-refractivity contribution < 1.29 is 26.3 Å². The lowest BCUT2D eigenvalue weighted by atomic mass is 9.97. The quantitative estimate of drug-likeness (QED) is 0.0519. The van der Waals surface area contributed by atoms with Gasteiger partial charge < -0.3 is 4.90 Å². The molecule has 4 aromatic carbocycles. The van der Waals surface area contributed by atoms with Crippen molar-refractivity contribution in [1.29, 1.82) is 0 Å². The van der Waals surface area contributed by atoms with Gasteiger partial charge in [0.1, 0.15) is 10.7 Å². The molecule has 2 fully saturated rings. The van der Waals surface area contributed by atoms with Crippen LogP contribution in [0, 0.1) is 34.9 Å². The first-order valence-corrected chi connectivity index (χ1v) is 18.3. The van der Waals surface area contributed by atoms with Gasteiger partial charge >= 0.3 is 0 Å². The van der Waals surface area contributed by atoms with Gasteiger partial charge in [0.2, 0.25) is 5.82 Å². The smallest absolute Gasteiger partial charge is 0.200 e. The SMILES string of the molecule is C=C(C)c1ccc(N(Cc2cc(C3CC3)cc(C3CC3)c2)C(=C)CN(Cc2ccc(F)cc2Cl)Sc2c(F)c(F)c(F)c(F)c2F)c(CCC)c1. The third kappa shape index (κ3) is 8.53. The highest BCUT2D eigenvalue weighted by Crippen LogP contribution is 2.46. The maximum atomic E-state index is 15.1. The second-order valence-corrected chi connectivity index (χ2v) is 15.1. The lowest BCUT2D eigenvalue weighted by Gasteiger charge is -2.33. The highest BCUT2D eigenvalue weighted by Gasteiger charge is 2.31. The summed E-state index contributed by atoms with van der Waals surface area (Å²) < 4.78 is 88.2. The molecule has 6 rings (SSSR count). The molecule has 0 saturated heterocycles. The zero-order valence-electron chi connectivity index (χ0n) is 28.6. The Hall–Kier alpha value is -3.66. The molecule has 0 radical (unpaired) electrons. The lowest BCUT2D eigenvalue weighted by molar-refractivity contribution is 0.359. The molecule has 2 aliphatic carbocycles. The fourth-order valence-electron chi connectivity index (χ4n) is 6.32. The molecule has 4 aromatic rings. The Labute approximate surface area is 304 Å². The van der Waals surface area contributed by atoms with E-state index in [1.54, 1.807) is 0 Å². The van der Waals surface area contributed by atoms with E-state index in [-0.39, 0.29) is 18.1 Å². The van der Waals surface area contributed by atoms with Crippen molar-refractivity contribution >= 4 is 34.8 Å². The molecule has 0 aromatic heterocycles. The minimum atomic E-state index is -2.24. The molecule has 0 heterocycles. The number of halogens is 7. The van der Waals surface area contributed by atoms with Crippen LogP contribution in [0.4, 0.5) is 32.0 Å². The van der Waals surface area contributed by atoms with E-state index in [1.807, 2.05) is 19.1 Å². The summed E-state index contributed by atoms with van der Waals surface area (Å²) in [7, 11) is 0. The van der Waals surface area contributed by atoms with Crippen LogP contribution in [0.15, 0.2) is 78.3 Å². The van der Waals surface area contributed by atoms with Crippen LogP contribution in [-0.4, -0.2) is 10.8 Å². The van der Waals surface area contributed by atoms with Gasteiger partial charge in [0.05, 0.1) is 0 Å². The molecule has 51 heavy (non-hydrogen) atoms. The summed E-state index contributed by atoms with van der Waals surface area (Å²) in [4.78, 5) is 1.00. The van der Waals surface area contributed by atoms with Crippen LogP contribution in [0.1, 0.15) is 91.2 Å². The van der Waals surface area contributed by atoms with Crippen LogP contribution >= 0.6 is 23.5 Å². The summed E-state index contributed by atoms with van der Waals surface area (Å²) in [5.41, 5.74) is 8.48. The highest BCUT2D eigenvalue weighted by molar-refractivity contribution is 7.97. The van der Waals surface area contributed by atoms with Crippen molar-refractivity contribution in [2.24, 2.45) is 0 Å². The molecular formula is C41H39ClF6N2S. The van der Waals surface area contributed by atoms with Gasteiger partial charge in [-0.15, -0.1) is 0 Å². The van der Waals surface area contributed by atoms with E-state index in [9.17, 15) is 17.6 Å². The van der Waals surface area contributed by atoms with E-state index in [4.69, 9.17) is 11.6 Å². The summed E-state index contributed by atoms with van der Waals surface area (Å²) in [6.45, 7) is 12.8. The Morgan fingerprint density at radius 1 is 0.765 bits per heavy atom. The number of rotatable bonds is 15. The molecule has 2 nitrogen and oxygen atoms in total. The van der Waals surface area contributed by atoms with Crippen LogP contribution in [0.25, 0.3) is 5.57 Å². The summed E-state index contributed by atoms with van der Waals surface area (Å²) in [5, 5.41) is 0.0468. The number of nitrogens with zero attached hydrogens (tertiary/aromatic N) is 2. The number of aryl methyl sites for hydroxylation is 1. The average Bonchev–Trinajstić information content (AvgIpc) is 4.02. The minimum Gasteiger partial charge on any atom is -0.340 e. The molecule has 0 atom stereocenters. The Morgan fingerprint density at radius 2 is 1.37 bits per heavy atom. The molecule has 2 aliphatic rings. The van der Waals surface area contributed by atoms with Gasteiger partial charge in [-0.2, -0.15) is 0 Å². The van der Waals surface area contributed by atoms with E-state index < -0.39 is 39.8 Å². The first-order valence-electron chi connectivity index (χ1n) is 17.1. The second kappa shape index (κ2) is 15.5. The van der Waals surface area contributed by atoms with Crippen molar-refractivity contribution in [2.75, 3.05) is 11.4 Å². The van der Waals surface area contributed by atoms with Crippen LogP contribution in [0.5, 0.6) is 0 Å². The lowest BCUT2D eigenvalue weighted by Crippen LogP contribution is -2.30. The number of allylic oxidation sites excluding steroid dienone is 1. The van der Waals surface area contributed by atoms with E-state index in [1.165, 1.54) is 27.6 Å². The summed E-state index contributed by atoms with van der Waals surface area (Å²) in [5.74, 6) is -9.71. The minimum absolute atomic E-state index is 0.0468. The summed E-state index contributed by atoms with van der Waals surface area (Å²) in [6, 6.07) is 16.6. The molecule has 10 heteroatoms. The van der Waals surface area contributed by atoms with Gasteiger partial charge in [0.15, 0.2) is 23.3 Å². The molecule has 0 amide bonds. The van der Waals surface area contributed by atoms with Gasteiger partial charge in [-0.1, -0.05) is 74.0 Å². The number of benzene rings is 4. The third-order valence-electron chi connectivity index (χ3n) is 9.35. The van der Waals surface area contributed by atoms with Crippen molar-refractivity contribution in [3.63, 3.8) is 0 Å². The second-order valence-electron chi connectivity index (χ2n) is 13.6. The molecule has 2 saturated carbocycles. The fourth-order valence-corrected chi connectivity index (χ4v) is 7.56. The van der Waals surface area contributed by atoms with Crippen molar-refractivity contribution in [3.8, 4) is 0 Å². The maximum absolute atomic E-state index is 15.1. The highest BCUT2D eigenvalue weighted by atomic mass is 35.5. The molecule has 0 unspecified atom stereocenters. The van der Waals surface area contributed by atoms with Gasteiger partial charge in [-0.05, 0) is 120 Å². The van der Waals surface area contributed by atoms with Crippen molar-refractivity contribution in [2.45, 2.75) is 82.2 Å². The monoisotopic (exact) mass is 740 g/mol. The Morgan fingerprint density at radius 3 is 1.92 bits per heavy atom. The van der Waals surface area contributed by atoms with Crippen molar-refractivity contribution in [3.05, 3.63) is 147 Å². The molecule has 268 valence electrons.